The number of amides is 1. The zero-order valence-corrected chi connectivity index (χ0v) is 17.8. The molecule has 1 aliphatic rings. The van der Waals surface area contributed by atoms with Crippen molar-refractivity contribution in [1.82, 2.24) is 4.90 Å². The molecule has 5 heteroatoms. The lowest BCUT2D eigenvalue weighted by atomic mass is 9.86. The average Bonchev–Trinajstić information content (AvgIpc) is 2.72. The van der Waals surface area contributed by atoms with Gasteiger partial charge in [-0.15, -0.1) is 0 Å². The van der Waals surface area contributed by atoms with Crippen LogP contribution in [0.5, 0.6) is 11.5 Å². The molecule has 0 N–H and O–H groups in total. The number of methoxy groups -OCH3 is 2. The summed E-state index contributed by atoms with van der Waals surface area (Å²) in [5.74, 6) is 1.52. The van der Waals surface area contributed by atoms with E-state index in [1.807, 2.05) is 48.2 Å². The molecule has 0 bridgehead atoms. The Morgan fingerprint density at radius 1 is 1.18 bits per heavy atom. The first-order chi connectivity index (χ1) is 13.5. The smallest absolute Gasteiger partial charge is 0.226 e. The SMILES string of the molecule is CCC[C@H](C)C(=O)N1CCc2cc(OC)c(OC)cc2[C@H]1c1ccccc1Cl. The highest BCUT2D eigenvalue weighted by atomic mass is 35.5. The average molecular weight is 402 g/mol. The van der Waals surface area contributed by atoms with E-state index in [1.54, 1.807) is 14.2 Å². The predicted molar refractivity (Wildman–Crippen MR) is 112 cm³/mol. The second-order valence-corrected chi connectivity index (χ2v) is 7.71. The van der Waals surface area contributed by atoms with Crippen molar-refractivity contribution in [2.75, 3.05) is 20.8 Å². The van der Waals surface area contributed by atoms with E-state index in [-0.39, 0.29) is 17.9 Å². The van der Waals surface area contributed by atoms with Crippen LogP contribution in [0.1, 0.15) is 49.4 Å². The van der Waals surface area contributed by atoms with Gasteiger partial charge in [0.1, 0.15) is 0 Å². The minimum Gasteiger partial charge on any atom is -0.493 e. The molecule has 0 unspecified atom stereocenters. The Morgan fingerprint density at radius 3 is 2.50 bits per heavy atom. The molecule has 2 aromatic carbocycles. The van der Waals surface area contributed by atoms with Gasteiger partial charge in [0, 0.05) is 17.5 Å². The quantitative estimate of drug-likeness (QED) is 0.662. The van der Waals surface area contributed by atoms with Gasteiger partial charge in [-0.2, -0.15) is 0 Å². The fraction of sp³-hybridized carbons (Fsp3) is 0.435. The third-order valence-electron chi connectivity index (χ3n) is 5.50. The first kappa shape index (κ1) is 20.5. The van der Waals surface area contributed by atoms with E-state index in [9.17, 15) is 4.79 Å². The van der Waals surface area contributed by atoms with E-state index >= 15 is 0 Å². The Bertz CT molecular complexity index is 852. The van der Waals surface area contributed by atoms with Gasteiger partial charge in [0.05, 0.1) is 20.3 Å². The maximum atomic E-state index is 13.3. The summed E-state index contributed by atoms with van der Waals surface area (Å²) in [6.07, 6.45) is 2.64. The minimum absolute atomic E-state index is 0.0170. The molecule has 1 amide bonds. The van der Waals surface area contributed by atoms with E-state index in [2.05, 4.69) is 6.92 Å². The number of benzene rings is 2. The van der Waals surface area contributed by atoms with Crippen molar-refractivity contribution in [3.8, 4) is 11.5 Å². The Kier molecular flexibility index (Phi) is 6.50. The van der Waals surface area contributed by atoms with Gasteiger partial charge in [0.25, 0.3) is 0 Å². The lowest BCUT2D eigenvalue weighted by Gasteiger charge is -2.39. The van der Waals surface area contributed by atoms with Gasteiger partial charge in [-0.25, -0.2) is 0 Å². The van der Waals surface area contributed by atoms with Crippen LogP contribution in [0.4, 0.5) is 0 Å². The van der Waals surface area contributed by atoms with Crippen LogP contribution in [0, 0.1) is 5.92 Å². The van der Waals surface area contributed by atoms with Crippen molar-refractivity contribution in [2.45, 2.75) is 39.2 Å². The fourth-order valence-corrected chi connectivity index (χ4v) is 4.29. The molecule has 0 aliphatic carbocycles. The van der Waals surface area contributed by atoms with Crippen LogP contribution in [-0.2, 0) is 11.2 Å². The lowest BCUT2D eigenvalue weighted by Crippen LogP contribution is -2.43. The molecular weight excluding hydrogens is 374 g/mol. The molecule has 0 saturated heterocycles. The maximum Gasteiger partial charge on any atom is 0.226 e. The van der Waals surface area contributed by atoms with Crippen LogP contribution < -0.4 is 9.47 Å². The van der Waals surface area contributed by atoms with Gasteiger partial charge in [-0.05, 0) is 47.7 Å². The normalized spacial score (nSPS) is 17.0. The van der Waals surface area contributed by atoms with Crippen LogP contribution >= 0.6 is 11.6 Å². The van der Waals surface area contributed by atoms with Crippen LogP contribution in [0.3, 0.4) is 0 Å². The number of nitrogens with zero attached hydrogens (tertiary/aromatic N) is 1. The highest BCUT2D eigenvalue weighted by Gasteiger charge is 2.35. The molecule has 1 heterocycles. The summed E-state index contributed by atoms with van der Waals surface area (Å²) >= 11 is 6.57. The molecule has 3 rings (SSSR count). The molecule has 0 fully saturated rings. The Balaban J connectivity index is 2.14. The summed E-state index contributed by atoms with van der Waals surface area (Å²) in [5.41, 5.74) is 3.15. The number of fused-ring (bicyclic) bond motifs is 1. The minimum atomic E-state index is -0.232. The largest absolute Gasteiger partial charge is 0.493 e. The van der Waals surface area contributed by atoms with Crippen molar-refractivity contribution >= 4 is 17.5 Å². The van der Waals surface area contributed by atoms with Crippen molar-refractivity contribution in [2.24, 2.45) is 5.92 Å². The number of carbonyl (C=O) groups is 1. The number of hydrogen-bond donors (Lipinski definition) is 0. The molecule has 0 spiro atoms. The molecule has 0 radical (unpaired) electrons. The highest BCUT2D eigenvalue weighted by molar-refractivity contribution is 6.31. The highest BCUT2D eigenvalue weighted by Crippen LogP contribution is 2.43. The number of halogens is 1. The molecule has 2 atom stereocenters. The standard InChI is InChI=1S/C23H28ClNO3/c1-5-8-15(2)23(26)25-12-11-16-13-20(27-3)21(28-4)14-18(16)22(25)17-9-6-7-10-19(17)24/h6-7,9-10,13-15,22H,5,8,11-12H2,1-4H3/t15-,22+/m0/s1. The van der Waals surface area contributed by atoms with Crippen LogP contribution in [0.25, 0.3) is 0 Å². The maximum absolute atomic E-state index is 13.3. The summed E-state index contributed by atoms with van der Waals surface area (Å²) in [6.45, 7) is 4.78. The van der Waals surface area contributed by atoms with Gasteiger partial charge in [-0.1, -0.05) is 50.1 Å². The Hall–Kier alpha value is -2.20. The zero-order chi connectivity index (χ0) is 20.3. The molecule has 2 aromatic rings. The molecule has 28 heavy (non-hydrogen) atoms. The van der Waals surface area contributed by atoms with E-state index in [0.717, 1.165) is 36.0 Å². The molecule has 4 nitrogen and oxygen atoms in total. The van der Waals surface area contributed by atoms with Gasteiger partial charge in [0.15, 0.2) is 11.5 Å². The van der Waals surface area contributed by atoms with Gasteiger partial charge in [-0.3, -0.25) is 4.79 Å². The summed E-state index contributed by atoms with van der Waals surface area (Å²) < 4.78 is 11.0. The molecule has 0 aromatic heterocycles. The van der Waals surface area contributed by atoms with Gasteiger partial charge < -0.3 is 14.4 Å². The molecular formula is C23H28ClNO3. The molecule has 150 valence electrons. The van der Waals surface area contributed by atoms with Crippen molar-refractivity contribution in [3.63, 3.8) is 0 Å². The summed E-state index contributed by atoms with van der Waals surface area (Å²) in [7, 11) is 3.27. The van der Waals surface area contributed by atoms with Crippen LogP contribution in [-0.4, -0.2) is 31.6 Å². The summed E-state index contributed by atoms with van der Waals surface area (Å²) in [6, 6.07) is 11.5. The molecule has 0 saturated carbocycles. The summed E-state index contributed by atoms with van der Waals surface area (Å²) in [5, 5.41) is 0.663. The van der Waals surface area contributed by atoms with E-state index in [0.29, 0.717) is 23.1 Å². The zero-order valence-electron chi connectivity index (χ0n) is 17.0. The number of ether oxygens (including phenoxy) is 2. The monoisotopic (exact) mass is 401 g/mol. The van der Waals surface area contributed by atoms with Crippen LogP contribution in [0.2, 0.25) is 5.02 Å². The predicted octanol–water partition coefficient (Wildman–Crippen LogP) is 5.27. The fourth-order valence-electron chi connectivity index (χ4n) is 4.06. The van der Waals surface area contributed by atoms with Gasteiger partial charge >= 0.3 is 0 Å². The van der Waals surface area contributed by atoms with Crippen molar-refractivity contribution in [3.05, 3.63) is 58.1 Å². The Labute approximate surface area is 172 Å². The number of rotatable bonds is 6. The topological polar surface area (TPSA) is 38.8 Å². The number of carbonyl (C=O) groups excluding carboxylic acids is 1. The van der Waals surface area contributed by atoms with Crippen molar-refractivity contribution < 1.29 is 14.3 Å². The second-order valence-electron chi connectivity index (χ2n) is 7.30. The van der Waals surface area contributed by atoms with Crippen molar-refractivity contribution in [1.29, 1.82) is 0 Å². The summed E-state index contributed by atoms with van der Waals surface area (Å²) in [4.78, 5) is 15.3. The molecule has 1 aliphatic heterocycles. The third kappa shape index (κ3) is 3.83. The Morgan fingerprint density at radius 2 is 1.86 bits per heavy atom. The van der Waals surface area contributed by atoms with E-state index in [1.165, 1.54) is 0 Å². The van der Waals surface area contributed by atoms with Gasteiger partial charge in [0.2, 0.25) is 5.91 Å². The van der Waals surface area contributed by atoms with E-state index < -0.39 is 0 Å². The third-order valence-corrected chi connectivity index (χ3v) is 5.84. The lowest BCUT2D eigenvalue weighted by molar-refractivity contribution is -0.137. The second kappa shape index (κ2) is 8.87. The number of hydrogen-bond acceptors (Lipinski definition) is 3. The van der Waals surface area contributed by atoms with E-state index in [4.69, 9.17) is 21.1 Å². The first-order valence-corrected chi connectivity index (χ1v) is 10.2. The first-order valence-electron chi connectivity index (χ1n) is 9.81. The van der Waals surface area contributed by atoms with Crippen LogP contribution in [0.15, 0.2) is 36.4 Å².